The minimum atomic E-state index is -0.745. The van der Waals surface area contributed by atoms with Gasteiger partial charge < -0.3 is 9.52 Å². The van der Waals surface area contributed by atoms with Crippen LogP contribution in [-0.2, 0) is 11.3 Å². The molecule has 0 aromatic carbocycles. The molecule has 2 aromatic heterocycles. The average Bonchev–Trinajstić information content (AvgIpc) is 2.93. The van der Waals surface area contributed by atoms with Gasteiger partial charge in [-0.25, -0.2) is 4.98 Å². The van der Waals surface area contributed by atoms with Crippen LogP contribution in [0.4, 0.5) is 0 Å². The first-order valence-corrected chi connectivity index (χ1v) is 7.54. The molecule has 0 unspecified atom stereocenters. The molecule has 2 aromatic rings. The zero-order valence-electron chi connectivity index (χ0n) is 11.0. The van der Waals surface area contributed by atoms with Crippen molar-refractivity contribution in [2.24, 2.45) is 0 Å². The van der Waals surface area contributed by atoms with Crippen LogP contribution in [0.25, 0.3) is 10.8 Å². The summed E-state index contributed by atoms with van der Waals surface area (Å²) in [6.07, 6.45) is 4.15. The molecule has 0 aliphatic heterocycles. The molecule has 0 bridgehead atoms. The van der Waals surface area contributed by atoms with Gasteiger partial charge in [-0.15, -0.1) is 11.3 Å². The largest absolute Gasteiger partial charge is 0.481 e. The van der Waals surface area contributed by atoms with Gasteiger partial charge in [-0.2, -0.15) is 0 Å². The predicted molar refractivity (Wildman–Crippen MR) is 75.5 cm³/mol. The highest BCUT2D eigenvalue weighted by molar-refractivity contribution is 7.13. The molecule has 1 aliphatic rings. The van der Waals surface area contributed by atoms with Crippen LogP contribution in [0.2, 0.25) is 0 Å². The van der Waals surface area contributed by atoms with Crippen molar-refractivity contribution in [3.63, 3.8) is 0 Å². The molecule has 6 heteroatoms. The Bertz CT molecular complexity index is 575. The third kappa shape index (κ3) is 3.26. The molecule has 2 heterocycles. The third-order valence-electron chi connectivity index (χ3n) is 3.32. The molecule has 0 spiro atoms. The van der Waals surface area contributed by atoms with E-state index in [0.717, 1.165) is 35.8 Å². The van der Waals surface area contributed by atoms with Gasteiger partial charge in [-0.1, -0.05) is 0 Å². The van der Waals surface area contributed by atoms with Gasteiger partial charge in [0.2, 0.25) is 0 Å². The van der Waals surface area contributed by atoms with Crippen molar-refractivity contribution in [1.82, 2.24) is 9.88 Å². The molecule has 0 atom stereocenters. The van der Waals surface area contributed by atoms with Crippen LogP contribution in [-0.4, -0.2) is 33.5 Å². The molecule has 20 heavy (non-hydrogen) atoms. The fourth-order valence-electron chi connectivity index (χ4n) is 2.17. The Morgan fingerprint density at radius 2 is 2.40 bits per heavy atom. The van der Waals surface area contributed by atoms with Crippen molar-refractivity contribution in [3.05, 3.63) is 29.5 Å². The lowest BCUT2D eigenvalue weighted by molar-refractivity contribution is -0.137. The number of furan rings is 1. The number of hydrogen-bond acceptors (Lipinski definition) is 5. The molecule has 3 rings (SSSR count). The summed E-state index contributed by atoms with van der Waals surface area (Å²) < 4.78 is 5.33. The lowest BCUT2D eigenvalue weighted by atomic mass is 10.3. The van der Waals surface area contributed by atoms with Crippen LogP contribution in [0.5, 0.6) is 0 Å². The van der Waals surface area contributed by atoms with Crippen molar-refractivity contribution in [2.75, 3.05) is 6.54 Å². The highest BCUT2D eigenvalue weighted by Gasteiger charge is 2.29. The Morgan fingerprint density at radius 1 is 1.55 bits per heavy atom. The quantitative estimate of drug-likeness (QED) is 0.850. The zero-order valence-corrected chi connectivity index (χ0v) is 11.8. The maximum absolute atomic E-state index is 10.7. The van der Waals surface area contributed by atoms with E-state index >= 15 is 0 Å². The smallest absolute Gasteiger partial charge is 0.304 e. The summed E-state index contributed by atoms with van der Waals surface area (Å²) in [6, 6.07) is 4.27. The van der Waals surface area contributed by atoms with E-state index in [1.54, 1.807) is 17.6 Å². The van der Waals surface area contributed by atoms with E-state index in [1.165, 1.54) is 0 Å². The van der Waals surface area contributed by atoms with Gasteiger partial charge in [-0.3, -0.25) is 9.69 Å². The van der Waals surface area contributed by atoms with Gasteiger partial charge >= 0.3 is 5.97 Å². The van der Waals surface area contributed by atoms with Gasteiger partial charge in [0, 0.05) is 24.5 Å². The molecular weight excluding hydrogens is 276 g/mol. The molecule has 1 N–H and O–H groups in total. The molecule has 106 valence electrons. The second-order valence-electron chi connectivity index (χ2n) is 4.97. The Hall–Kier alpha value is -1.66. The second kappa shape index (κ2) is 5.76. The lowest BCUT2D eigenvalue weighted by Crippen LogP contribution is -2.28. The summed E-state index contributed by atoms with van der Waals surface area (Å²) in [5.74, 6) is 0.0370. The summed E-state index contributed by atoms with van der Waals surface area (Å²) in [7, 11) is 0. The highest BCUT2D eigenvalue weighted by Crippen LogP contribution is 2.30. The fraction of sp³-hybridized carbons (Fsp3) is 0.429. The molecule has 0 saturated heterocycles. The van der Waals surface area contributed by atoms with Gasteiger partial charge in [0.05, 0.1) is 18.4 Å². The Kier molecular flexibility index (Phi) is 3.84. The SMILES string of the molecule is O=C(O)CCN(Cc1csc(-c2ccco2)n1)C1CC1. The lowest BCUT2D eigenvalue weighted by Gasteiger charge is -2.19. The van der Waals surface area contributed by atoms with Crippen LogP contribution in [0.3, 0.4) is 0 Å². The number of carboxylic acid groups (broad SMARTS) is 1. The standard InChI is InChI=1S/C14H16N2O3S/c17-13(18)5-6-16(11-3-4-11)8-10-9-20-14(15-10)12-2-1-7-19-12/h1-2,7,9,11H,3-6,8H2,(H,17,18). The van der Waals surface area contributed by atoms with E-state index in [1.807, 2.05) is 17.5 Å². The molecular formula is C14H16N2O3S. The highest BCUT2D eigenvalue weighted by atomic mass is 32.1. The summed E-state index contributed by atoms with van der Waals surface area (Å²) in [5.41, 5.74) is 0.985. The molecule has 0 amide bonds. The van der Waals surface area contributed by atoms with E-state index in [0.29, 0.717) is 12.6 Å². The number of aliphatic carboxylic acids is 1. The molecule has 1 aliphatic carbocycles. The predicted octanol–water partition coefficient (Wildman–Crippen LogP) is 2.84. The van der Waals surface area contributed by atoms with Gasteiger partial charge in [0.15, 0.2) is 10.8 Å². The zero-order chi connectivity index (χ0) is 13.9. The van der Waals surface area contributed by atoms with Crippen LogP contribution >= 0.6 is 11.3 Å². The van der Waals surface area contributed by atoms with Crippen LogP contribution in [0.1, 0.15) is 25.0 Å². The summed E-state index contributed by atoms with van der Waals surface area (Å²) in [6.45, 7) is 1.31. The molecule has 5 nitrogen and oxygen atoms in total. The Morgan fingerprint density at radius 3 is 3.05 bits per heavy atom. The summed E-state index contributed by atoms with van der Waals surface area (Å²) in [5, 5.41) is 11.7. The van der Waals surface area contributed by atoms with Gasteiger partial charge in [0.25, 0.3) is 0 Å². The minimum absolute atomic E-state index is 0.186. The summed E-state index contributed by atoms with van der Waals surface area (Å²) >= 11 is 1.56. The topological polar surface area (TPSA) is 66.6 Å². The van der Waals surface area contributed by atoms with Gasteiger partial charge in [-0.05, 0) is 25.0 Å². The average molecular weight is 292 g/mol. The Balaban J connectivity index is 1.64. The van der Waals surface area contributed by atoms with Crippen LogP contribution in [0, 0.1) is 0 Å². The first-order valence-electron chi connectivity index (χ1n) is 6.66. The number of thiazole rings is 1. The molecule has 1 fully saturated rings. The first kappa shape index (κ1) is 13.3. The van der Waals surface area contributed by atoms with E-state index in [-0.39, 0.29) is 6.42 Å². The van der Waals surface area contributed by atoms with Crippen molar-refractivity contribution in [3.8, 4) is 10.8 Å². The first-order chi connectivity index (χ1) is 9.72. The Labute approximate surface area is 120 Å². The monoisotopic (exact) mass is 292 g/mol. The second-order valence-corrected chi connectivity index (χ2v) is 5.82. The maximum atomic E-state index is 10.7. The number of aromatic nitrogens is 1. The van der Waals surface area contributed by atoms with E-state index < -0.39 is 5.97 Å². The number of rotatable bonds is 7. The summed E-state index contributed by atoms with van der Waals surface area (Å²) in [4.78, 5) is 17.5. The minimum Gasteiger partial charge on any atom is -0.481 e. The number of carboxylic acids is 1. The van der Waals surface area contributed by atoms with Crippen molar-refractivity contribution >= 4 is 17.3 Å². The number of hydrogen-bond donors (Lipinski definition) is 1. The van der Waals surface area contributed by atoms with Crippen LogP contribution < -0.4 is 0 Å². The van der Waals surface area contributed by atoms with E-state index in [9.17, 15) is 4.79 Å². The van der Waals surface area contributed by atoms with Crippen LogP contribution in [0.15, 0.2) is 28.2 Å². The van der Waals surface area contributed by atoms with E-state index in [2.05, 4.69) is 9.88 Å². The number of nitrogens with zero attached hydrogens (tertiary/aromatic N) is 2. The third-order valence-corrected chi connectivity index (χ3v) is 4.23. The maximum Gasteiger partial charge on any atom is 0.304 e. The van der Waals surface area contributed by atoms with Crippen molar-refractivity contribution in [1.29, 1.82) is 0 Å². The number of carbonyl (C=O) groups is 1. The van der Waals surface area contributed by atoms with Gasteiger partial charge in [0.1, 0.15) is 0 Å². The fourth-order valence-corrected chi connectivity index (χ4v) is 2.95. The molecule has 1 saturated carbocycles. The van der Waals surface area contributed by atoms with Crippen molar-refractivity contribution in [2.45, 2.75) is 31.8 Å². The normalized spacial score (nSPS) is 14.8. The van der Waals surface area contributed by atoms with E-state index in [4.69, 9.17) is 9.52 Å². The molecule has 0 radical (unpaired) electrons. The van der Waals surface area contributed by atoms with Crippen molar-refractivity contribution < 1.29 is 14.3 Å².